The lowest BCUT2D eigenvalue weighted by Crippen LogP contribution is -2.10. The maximum atomic E-state index is 7.18. The van der Waals surface area contributed by atoms with E-state index in [0.29, 0.717) is 0 Å². The van der Waals surface area contributed by atoms with E-state index in [4.69, 9.17) is 4.42 Å². The molecule has 3 nitrogen and oxygen atoms in total. The molecule has 0 aliphatic carbocycles. The van der Waals surface area contributed by atoms with Crippen LogP contribution in [0.4, 0.5) is 17.1 Å². The molecule has 3 heteroatoms. The van der Waals surface area contributed by atoms with Crippen molar-refractivity contribution in [3.8, 4) is 5.69 Å². The van der Waals surface area contributed by atoms with Gasteiger partial charge >= 0.3 is 0 Å². The predicted octanol–water partition coefficient (Wildman–Crippen LogP) is 14.8. The third-order valence-electron chi connectivity index (χ3n) is 11.5. The van der Waals surface area contributed by atoms with E-state index in [2.05, 4.69) is 204 Å². The fourth-order valence-electron chi connectivity index (χ4n) is 9.23. The SMILES string of the molecule is c1ccc(N(c2ccccc2)c2cccc(-n3c4ccccc4c4cc5c(cc43)oc3c5c4ccccc4c4c5ccccc5c5ccccc5c34)c2)cc1. The minimum absolute atomic E-state index is 0.882. The monoisotopic (exact) mass is 700 g/mol. The molecule has 55 heavy (non-hydrogen) atoms. The minimum Gasteiger partial charge on any atom is -0.455 e. The number of hydrogen-bond acceptors (Lipinski definition) is 2. The van der Waals surface area contributed by atoms with Gasteiger partial charge in [0.2, 0.25) is 0 Å². The van der Waals surface area contributed by atoms with Crippen molar-refractivity contribution in [1.82, 2.24) is 4.57 Å². The third kappa shape index (κ3) is 4.32. The summed E-state index contributed by atoms with van der Waals surface area (Å²) in [6, 6.07) is 69.9. The largest absolute Gasteiger partial charge is 0.455 e. The Bertz CT molecular complexity index is 3450. The summed E-state index contributed by atoms with van der Waals surface area (Å²) in [6.07, 6.45) is 0. The van der Waals surface area contributed by atoms with Crippen LogP contribution < -0.4 is 4.90 Å². The maximum Gasteiger partial charge on any atom is 0.144 e. The van der Waals surface area contributed by atoms with Crippen molar-refractivity contribution in [3.05, 3.63) is 194 Å². The minimum atomic E-state index is 0.882. The molecular formula is C52H32N2O. The average Bonchev–Trinajstić information content (AvgIpc) is 3.79. The molecule has 12 aromatic rings. The Morgan fingerprint density at radius 3 is 1.49 bits per heavy atom. The lowest BCUT2D eigenvalue weighted by atomic mass is 9.89. The Balaban J connectivity index is 1.18. The number of benzene rings is 10. The van der Waals surface area contributed by atoms with Gasteiger partial charge in [0.1, 0.15) is 11.2 Å². The van der Waals surface area contributed by atoms with Gasteiger partial charge < -0.3 is 13.9 Å². The molecule has 0 aliphatic rings. The first-order chi connectivity index (χ1) is 27.3. The van der Waals surface area contributed by atoms with E-state index in [1.165, 1.54) is 59.2 Å². The van der Waals surface area contributed by atoms with E-state index in [9.17, 15) is 0 Å². The summed E-state index contributed by atoms with van der Waals surface area (Å²) < 4.78 is 9.58. The fraction of sp³-hybridized carbons (Fsp3) is 0. The molecule has 10 aromatic carbocycles. The van der Waals surface area contributed by atoms with Crippen LogP contribution in [-0.2, 0) is 0 Å². The summed E-state index contributed by atoms with van der Waals surface area (Å²) >= 11 is 0. The van der Waals surface area contributed by atoms with Crippen molar-refractivity contribution >= 4 is 104 Å². The summed E-state index contributed by atoms with van der Waals surface area (Å²) in [6.45, 7) is 0. The second kappa shape index (κ2) is 11.6. The Kier molecular flexibility index (Phi) is 6.34. The van der Waals surface area contributed by atoms with Gasteiger partial charge in [-0.15, -0.1) is 0 Å². The van der Waals surface area contributed by atoms with Gasteiger partial charge in [0.15, 0.2) is 0 Å². The van der Waals surface area contributed by atoms with Gasteiger partial charge in [-0.2, -0.15) is 0 Å². The Morgan fingerprint density at radius 1 is 0.327 bits per heavy atom. The van der Waals surface area contributed by atoms with Gasteiger partial charge in [0.05, 0.1) is 11.0 Å². The summed E-state index contributed by atoms with van der Waals surface area (Å²) in [4.78, 5) is 2.32. The molecule has 0 bridgehead atoms. The average molecular weight is 701 g/mol. The van der Waals surface area contributed by atoms with E-state index in [0.717, 1.165) is 50.3 Å². The Morgan fingerprint density at radius 2 is 0.836 bits per heavy atom. The van der Waals surface area contributed by atoms with E-state index < -0.39 is 0 Å². The Hall–Kier alpha value is -7.36. The number of anilines is 3. The van der Waals surface area contributed by atoms with Gasteiger partial charge in [-0.05, 0) is 86.9 Å². The molecule has 0 saturated heterocycles. The first-order valence-corrected chi connectivity index (χ1v) is 18.9. The molecule has 0 unspecified atom stereocenters. The van der Waals surface area contributed by atoms with E-state index in [-0.39, 0.29) is 0 Å². The number of furan rings is 1. The van der Waals surface area contributed by atoms with Crippen molar-refractivity contribution in [1.29, 1.82) is 0 Å². The number of rotatable bonds is 4. The standard InChI is InChI=1S/C52H32N2O/c1-3-16-33(17-4-1)53(34-18-5-2-6-19-34)35-20-15-21-36(30-35)54-46-29-14-13-24-39(46)44-31-45-48(32-47(44)54)55-52-50(45)43-28-12-11-27-42(43)49-40-25-9-7-22-37(40)38-23-8-10-26-41(38)51(49)52/h1-32H. The van der Waals surface area contributed by atoms with Crippen molar-refractivity contribution in [2.45, 2.75) is 0 Å². The summed E-state index contributed by atoms with van der Waals surface area (Å²) in [5.74, 6) is 0. The highest BCUT2D eigenvalue weighted by atomic mass is 16.3. The first-order valence-electron chi connectivity index (χ1n) is 18.9. The molecule has 0 aliphatic heterocycles. The number of aromatic nitrogens is 1. The van der Waals surface area contributed by atoms with E-state index >= 15 is 0 Å². The molecule has 0 amide bonds. The van der Waals surface area contributed by atoms with Gasteiger partial charge in [-0.3, -0.25) is 0 Å². The summed E-state index contributed by atoms with van der Waals surface area (Å²) in [7, 11) is 0. The molecule has 0 radical (unpaired) electrons. The van der Waals surface area contributed by atoms with Crippen molar-refractivity contribution in [2.24, 2.45) is 0 Å². The van der Waals surface area contributed by atoms with Crippen molar-refractivity contribution in [3.63, 3.8) is 0 Å². The lowest BCUT2D eigenvalue weighted by molar-refractivity contribution is 0.673. The molecule has 0 saturated carbocycles. The molecule has 0 atom stereocenters. The van der Waals surface area contributed by atoms with Gasteiger partial charge in [-0.25, -0.2) is 0 Å². The topological polar surface area (TPSA) is 21.3 Å². The van der Waals surface area contributed by atoms with Crippen LogP contribution in [0.25, 0.3) is 92.5 Å². The molecule has 2 aromatic heterocycles. The smallest absolute Gasteiger partial charge is 0.144 e. The van der Waals surface area contributed by atoms with Crippen LogP contribution in [0.15, 0.2) is 199 Å². The maximum absolute atomic E-state index is 7.18. The molecular weight excluding hydrogens is 669 g/mol. The number of para-hydroxylation sites is 3. The predicted molar refractivity (Wildman–Crippen MR) is 233 cm³/mol. The van der Waals surface area contributed by atoms with Gasteiger partial charge in [0.25, 0.3) is 0 Å². The van der Waals surface area contributed by atoms with Crippen molar-refractivity contribution in [2.75, 3.05) is 4.90 Å². The highest BCUT2D eigenvalue weighted by molar-refractivity contribution is 6.41. The fourth-order valence-corrected chi connectivity index (χ4v) is 9.23. The number of nitrogens with zero attached hydrogens (tertiary/aromatic N) is 2. The normalized spacial score (nSPS) is 12.0. The molecule has 0 fully saturated rings. The lowest BCUT2D eigenvalue weighted by Gasteiger charge is -2.26. The third-order valence-corrected chi connectivity index (χ3v) is 11.5. The van der Waals surface area contributed by atoms with Crippen LogP contribution in [-0.4, -0.2) is 4.57 Å². The quantitative estimate of drug-likeness (QED) is 0.170. The van der Waals surface area contributed by atoms with Crippen LogP contribution in [0.2, 0.25) is 0 Å². The molecule has 0 N–H and O–H groups in total. The molecule has 256 valence electrons. The second-order valence-corrected chi connectivity index (χ2v) is 14.4. The summed E-state index contributed by atoms with van der Waals surface area (Å²) in [5, 5.41) is 14.5. The Labute approximate surface area is 316 Å². The second-order valence-electron chi connectivity index (χ2n) is 14.4. The number of hydrogen-bond donors (Lipinski definition) is 0. The van der Waals surface area contributed by atoms with Crippen molar-refractivity contribution < 1.29 is 4.42 Å². The number of fused-ring (bicyclic) bond motifs is 16. The summed E-state index contributed by atoms with van der Waals surface area (Å²) in [5.41, 5.74) is 8.48. The van der Waals surface area contributed by atoms with Crippen LogP contribution in [0, 0.1) is 0 Å². The van der Waals surface area contributed by atoms with Gasteiger partial charge in [-0.1, -0.05) is 133 Å². The zero-order valence-corrected chi connectivity index (χ0v) is 29.8. The van der Waals surface area contributed by atoms with Crippen LogP contribution in [0.1, 0.15) is 0 Å². The van der Waals surface area contributed by atoms with E-state index in [1.807, 2.05) is 0 Å². The van der Waals surface area contributed by atoms with Crippen LogP contribution in [0.5, 0.6) is 0 Å². The highest BCUT2D eigenvalue weighted by Crippen LogP contribution is 2.48. The highest BCUT2D eigenvalue weighted by Gasteiger charge is 2.23. The van der Waals surface area contributed by atoms with Crippen LogP contribution >= 0.6 is 0 Å². The molecule has 0 spiro atoms. The van der Waals surface area contributed by atoms with Gasteiger partial charge in [0, 0.05) is 61.1 Å². The molecule has 12 rings (SSSR count). The molecule has 2 heterocycles. The van der Waals surface area contributed by atoms with E-state index in [1.54, 1.807) is 0 Å². The van der Waals surface area contributed by atoms with Crippen LogP contribution in [0.3, 0.4) is 0 Å². The zero-order chi connectivity index (χ0) is 36.0. The zero-order valence-electron chi connectivity index (χ0n) is 29.8. The first kappa shape index (κ1) is 30.1.